The van der Waals surface area contributed by atoms with Crippen molar-refractivity contribution in [2.24, 2.45) is 0 Å². The van der Waals surface area contributed by atoms with Gasteiger partial charge in [0.2, 0.25) is 0 Å². The lowest BCUT2D eigenvalue weighted by molar-refractivity contribution is -0.147. The monoisotopic (exact) mass is 439 g/mol. The molecule has 1 N–H and O–H groups in total. The molecule has 0 spiro atoms. The molecule has 172 valence electrons. The third kappa shape index (κ3) is 6.99. The second kappa shape index (κ2) is 11.5. The average Bonchev–Trinajstić information content (AvgIpc) is 2.80. The Morgan fingerprint density at radius 1 is 1.00 bits per heavy atom. The highest BCUT2D eigenvalue weighted by Gasteiger charge is 2.16. The van der Waals surface area contributed by atoms with Gasteiger partial charge in [-0.2, -0.15) is 0 Å². The zero-order valence-electron chi connectivity index (χ0n) is 19.2. The number of piperazine rings is 1. The van der Waals surface area contributed by atoms with E-state index in [0.29, 0.717) is 5.69 Å². The molecule has 7 nitrogen and oxygen atoms in total. The molecule has 3 rings (SSSR count). The number of amides is 1. The van der Waals surface area contributed by atoms with E-state index in [1.54, 1.807) is 0 Å². The lowest BCUT2D eigenvalue weighted by atomic mass is 10.1. The first-order valence-corrected chi connectivity index (χ1v) is 11.2. The number of anilines is 2. The standard InChI is InChI=1S/C25H33N3O4/c1-4-27-12-14-28(15-13-27)22-9-7-21(8-10-22)26-24(29)18-32-25(30)11-16-31-23-17-19(2)5-6-20(23)3/h5-10,17H,4,11-16,18H2,1-3H3,(H,26,29). The summed E-state index contributed by atoms with van der Waals surface area (Å²) in [6.45, 7) is 11.2. The summed E-state index contributed by atoms with van der Waals surface area (Å²) in [4.78, 5) is 28.8. The number of hydrogen-bond donors (Lipinski definition) is 1. The quantitative estimate of drug-likeness (QED) is 0.604. The first kappa shape index (κ1) is 23.6. The Bertz CT molecular complexity index is 906. The molecule has 1 saturated heterocycles. The first-order chi connectivity index (χ1) is 15.4. The van der Waals surface area contributed by atoms with E-state index in [1.165, 1.54) is 0 Å². The van der Waals surface area contributed by atoms with Crippen molar-refractivity contribution >= 4 is 23.3 Å². The minimum Gasteiger partial charge on any atom is -0.493 e. The summed E-state index contributed by atoms with van der Waals surface area (Å²) in [7, 11) is 0. The summed E-state index contributed by atoms with van der Waals surface area (Å²) in [5, 5.41) is 2.77. The second-order valence-corrected chi connectivity index (χ2v) is 8.04. The molecule has 2 aromatic carbocycles. The molecular weight excluding hydrogens is 406 g/mol. The number of carbonyl (C=O) groups is 2. The van der Waals surface area contributed by atoms with Crippen molar-refractivity contribution in [3.05, 3.63) is 53.6 Å². The maximum atomic E-state index is 12.1. The van der Waals surface area contributed by atoms with Crippen LogP contribution in [-0.4, -0.2) is 62.7 Å². The molecule has 0 unspecified atom stereocenters. The molecule has 0 aromatic heterocycles. The molecule has 0 radical (unpaired) electrons. The molecule has 1 aliphatic rings. The van der Waals surface area contributed by atoms with E-state index in [4.69, 9.17) is 9.47 Å². The van der Waals surface area contributed by atoms with Gasteiger partial charge < -0.3 is 24.6 Å². The van der Waals surface area contributed by atoms with Crippen LogP contribution in [0.4, 0.5) is 11.4 Å². The highest BCUT2D eigenvalue weighted by molar-refractivity contribution is 5.92. The minimum absolute atomic E-state index is 0.0840. The zero-order valence-corrected chi connectivity index (χ0v) is 19.2. The van der Waals surface area contributed by atoms with Crippen LogP contribution in [0.15, 0.2) is 42.5 Å². The SMILES string of the molecule is CCN1CCN(c2ccc(NC(=O)COC(=O)CCOc3cc(C)ccc3C)cc2)CC1. The molecule has 0 bridgehead atoms. The number of nitrogens with one attached hydrogen (secondary N) is 1. The Kier molecular flexibility index (Phi) is 8.50. The molecular formula is C25H33N3O4. The number of esters is 1. The Labute approximate surface area is 190 Å². The number of carbonyl (C=O) groups excluding carboxylic acids is 2. The van der Waals surface area contributed by atoms with Gasteiger partial charge in [-0.15, -0.1) is 0 Å². The molecule has 0 aliphatic carbocycles. The largest absolute Gasteiger partial charge is 0.493 e. The number of hydrogen-bond acceptors (Lipinski definition) is 6. The molecule has 2 aromatic rings. The highest BCUT2D eigenvalue weighted by atomic mass is 16.5. The number of ether oxygens (including phenoxy) is 2. The van der Waals surface area contributed by atoms with Gasteiger partial charge in [0, 0.05) is 37.6 Å². The summed E-state index contributed by atoms with van der Waals surface area (Å²) < 4.78 is 10.7. The van der Waals surface area contributed by atoms with Gasteiger partial charge in [0.1, 0.15) is 5.75 Å². The van der Waals surface area contributed by atoms with Crippen molar-refractivity contribution in [3.63, 3.8) is 0 Å². The van der Waals surface area contributed by atoms with Crippen LogP contribution in [0.25, 0.3) is 0 Å². The van der Waals surface area contributed by atoms with E-state index in [9.17, 15) is 9.59 Å². The van der Waals surface area contributed by atoms with Gasteiger partial charge in [-0.05, 0) is 61.9 Å². The van der Waals surface area contributed by atoms with E-state index in [2.05, 4.69) is 22.0 Å². The van der Waals surface area contributed by atoms with E-state index < -0.39 is 5.97 Å². The van der Waals surface area contributed by atoms with Gasteiger partial charge >= 0.3 is 5.97 Å². The first-order valence-electron chi connectivity index (χ1n) is 11.2. The lowest BCUT2D eigenvalue weighted by Gasteiger charge is -2.35. The topological polar surface area (TPSA) is 71.1 Å². The fourth-order valence-corrected chi connectivity index (χ4v) is 3.60. The van der Waals surface area contributed by atoms with Gasteiger partial charge in [0.05, 0.1) is 13.0 Å². The van der Waals surface area contributed by atoms with Crippen molar-refractivity contribution in [2.75, 3.05) is 56.2 Å². The number of benzene rings is 2. The van der Waals surface area contributed by atoms with Crippen LogP contribution in [0.3, 0.4) is 0 Å². The summed E-state index contributed by atoms with van der Waals surface area (Å²) in [6.07, 6.45) is 0.0840. The molecule has 1 fully saturated rings. The highest BCUT2D eigenvalue weighted by Crippen LogP contribution is 2.20. The average molecular weight is 440 g/mol. The number of rotatable bonds is 9. The molecule has 0 saturated carbocycles. The molecule has 0 atom stereocenters. The maximum Gasteiger partial charge on any atom is 0.309 e. The van der Waals surface area contributed by atoms with E-state index in [0.717, 1.165) is 55.3 Å². The van der Waals surface area contributed by atoms with Crippen LogP contribution in [0.2, 0.25) is 0 Å². The van der Waals surface area contributed by atoms with Crippen LogP contribution in [0, 0.1) is 13.8 Å². The normalized spacial score (nSPS) is 14.2. The molecule has 1 heterocycles. The molecule has 32 heavy (non-hydrogen) atoms. The predicted molar refractivity (Wildman–Crippen MR) is 126 cm³/mol. The Balaban J connectivity index is 1.36. The van der Waals surface area contributed by atoms with Crippen molar-refractivity contribution in [1.82, 2.24) is 4.90 Å². The number of likely N-dealkylation sites (N-methyl/N-ethyl adjacent to an activating group) is 1. The summed E-state index contributed by atoms with van der Waals surface area (Å²) in [6, 6.07) is 13.7. The number of nitrogens with zero attached hydrogens (tertiary/aromatic N) is 2. The Morgan fingerprint density at radius 2 is 1.72 bits per heavy atom. The third-order valence-electron chi connectivity index (χ3n) is 5.61. The molecule has 1 aliphatic heterocycles. The van der Waals surface area contributed by atoms with Crippen LogP contribution < -0.4 is 15.0 Å². The van der Waals surface area contributed by atoms with Crippen molar-refractivity contribution in [3.8, 4) is 5.75 Å². The fraction of sp³-hybridized carbons (Fsp3) is 0.440. The zero-order chi connectivity index (χ0) is 22.9. The van der Waals surface area contributed by atoms with Crippen LogP contribution >= 0.6 is 0 Å². The van der Waals surface area contributed by atoms with Crippen LogP contribution in [0.5, 0.6) is 5.75 Å². The summed E-state index contributed by atoms with van der Waals surface area (Å²) in [5.41, 5.74) is 3.93. The van der Waals surface area contributed by atoms with Gasteiger partial charge in [-0.25, -0.2) is 0 Å². The van der Waals surface area contributed by atoms with Gasteiger partial charge in [-0.3, -0.25) is 9.59 Å². The van der Waals surface area contributed by atoms with E-state index in [1.807, 2.05) is 56.3 Å². The van der Waals surface area contributed by atoms with Crippen LogP contribution in [0.1, 0.15) is 24.5 Å². The third-order valence-corrected chi connectivity index (χ3v) is 5.61. The number of aryl methyl sites for hydroxylation is 2. The summed E-state index contributed by atoms with van der Waals surface area (Å²) in [5.74, 6) is -0.0728. The minimum atomic E-state index is -0.466. The molecule has 7 heteroatoms. The Morgan fingerprint density at radius 3 is 2.41 bits per heavy atom. The predicted octanol–water partition coefficient (Wildman–Crippen LogP) is 3.40. The maximum absolute atomic E-state index is 12.1. The lowest BCUT2D eigenvalue weighted by Crippen LogP contribution is -2.46. The van der Waals surface area contributed by atoms with E-state index in [-0.39, 0.29) is 25.5 Å². The van der Waals surface area contributed by atoms with E-state index >= 15 is 0 Å². The molecule has 1 amide bonds. The van der Waals surface area contributed by atoms with Crippen LogP contribution in [-0.2, 0) is 14.3 Å². The van der Waals surface area contributed by atoms with Crippen molar-refractivity contribution in [1.29, 1.82) is 0 Å². The fourth-order valence-electron chi connectivity index (χ4n) is 3.60. The second-order valence-electron chi connectivity index (χ2n) is 8.04. The van der Waals surface area contributed by atoms with Gasteiger partial charge in [-0.1, -0.05) is 19.1 Å². The van der Waals surface area contributed by atoms with Crippen molar-refractivity contribution < 1.29 is 19.1 Å². The smallest absolute Gasteiger partial charge is 0.309 e. The van der Waals surface area contributed by atoms with Crippen molar-refractivity contribution in [2.45, 2.75) is 27.2 Å². The van der Waals surface area contributed by atoms with Gasteiger partial charge in [0.25, 0.3) is 5.91 Å². The summed E-state index contributed by atoms with van der Waals surface area (Å²) >= 11 is 0. The Hall–Kier alpha value is -3.06. The van der Waals surface area contributed by atoms with Gasteiger partial charge in [0.15, 0.2) is 6.61 Å².